The van der Waals surface area contributed by atoms with Crippen LogP contribution in [0.3, 0.4) is 0 Å². The average molecular weight is 259 g/mol. The summed E-state index contributed by atoms with van der Waals surface area (Å²) < 4.78 is 0. The van der Waals surface area contributed by atoms with Gasteiger partial charge in [0.1, 0.15) is 0 Å². The van der Waals surface area contributed by atoms with Crippen molar-refractivity contribution in [1.29, 1.82) is 0 Å². The van der Waals surface area contributed by atoms with Crippen LogP contribution in [0.2, 0.25) is 0 Å². The van der Waals surface area contributed by atoms with E-state index in [1.54, 1.807) is 18.7 Å². The normalized spacial score (nSPS) is 14.5. The quantitative estimate of drug-likeness (QED) is 0.728. The monoisotopic (exact) mass is 259 g/mol. The molecule has 0 heterocycles. The summed E-state index contributed by atoms with van der Waals surface area (Å²) in [6.07, 6.45) is 3.61. The van der Waals surface area contributed by atoms with Gasteiger partial charge in [0.25, 0.3) is 0 Å². The van der Waals surface area contributed by atoms with Crippen LogP contribution in [-0.4, -0.2) is 29.7 Å². The predicted octanol–water partition coefficient (Wildman–Crippen LogP) is 2.50. The smallest absolute Gasteiger partial charge is 0.223 e. The zero-order valence-corrected chi connectivity index (χ0v) is 12.4. The van der Waals surface area contributed by atoms with Crippen molar-refractivity contribution in [2.24, 2.45) is 11.8 Å². The fraction of sp³-hybridized carbons (Fsp3) is 0.846. The Morgan fingerprint density at radius 1 is 1.24 bits per heavy atom. The number of Topliss-reactive ketones (excluding diaryl/α,β-unsaturated/α-hetero) is 1. The molecule has 0 radical (unpaired) electrons. The second kappa shape index (κ2) is 8.56. The summed E-state index contributed by atoms with van der Waals surface area (Å²) in [4.78, 5) is 23.3. The average Bonchev–Trinajstić information content (AvgIpc) is 2.23. The highest BCUT2D eigenvalue weighted by molar-refractivity contribution is 7.98. The van der Waals surface area contributed by atoms with E-state index in [0.717, 1.165) is 18.6 Å². The molecule has 0 bridgehead atoms. The SMILES string of the molecule is CSCCC(C)C(=O)NC(CC(C)C)C(C)=O. The lowest BCUT2D eigenvalue weighted by Gasteiger charge is -2.20. The number of hydrogen-bond acceptors (Lipinski definition) is 3. The number of thioether (sulfide) groups is 1. The van der Waals surface area contributed by atoms with Crippen LogP contribution in [-0.2, 0) is 9.59 Å². The van der Waals surface area contributed by atoms with E-state index in [1.807, 2.05) is 13.2 Å². The van der Waals surface area contributed by atoms with Gasteiger partial charge in [0.2, 0.25) is 5.91 Å². The molecule has 0 rings (SSSR count). The van der Waals surface area contributed by atoms with Crippen LogP contribution in [0, 0.1) is 11.8 Å². The molecular weight excluding hydrogens is 234 g/mol. The lowest BCUT2D eigenvalue weighted by Crippen LogP contribution is -2.43. The predicted molar refractivity (Wildman–Crippen MR) is 74.2 cm³/mol. The fourth-order valence-corrected chi connectivity index (χ4v) is 2.13. The van der Waals surface area contributed by atoms with Gasteiger partial charge in [-0.15, -0.1) is 0 Å². The van der Waals surface area contributed by atoms with Gasteiger partial charge in [-0.2, -0.15) is 11.8 Å². The Morgan fingerprint density at radius 2 is 1.82 bits per heavy atom. The molecule has 2 unspecified atom stereocenters. The molecule has 0 spiro atoms. The minimum atomic E-state index is -0.320. The van der Waals surface area contributed by atoms with Crippen LogP contribution >= 0.6 is 11.8 Å². The van der Waals surface area contributed by atoms with Crippen molar-refractivity contribution in [3.05, 3.63) is 0 Å². The first-order valence-electron chi connectivity index (χ1n) is 6.18. The van der Waals surface area contributed by atoms with Gasteiger partial charge in [-0.05, 0) is 37.7 Å². The summed E-state index contributed by atoms with van der Waals surface area (Å²) in [5.41, 5.74) is 0. The Kier molecular flexibility index (Phi) is 8.30. The summed E-state index contributed by atoms with van der Waals surface area (Å²) in [6, 6.07) is -0.320. The Morgan fingerprint density at radius 3 is 2.24 bits per heavy atom. The third kappa shape index (κ3) is 7.42. The zero-order valence-electron chi connectivity index (χ0n) is 11.6. The lowest BCUT2D eigenvalue weighted by molar-refractivity contribution is -0.129. The van der Waals surface area contributed by atoms with Crippen molar-refractivity contribution < 1.29 is 9.59 Å². The Labute approximate surface area is 109 Å². The van der Waals surface area contributed by atoms with Crippen LogP contribution in [0.1, 0.15) is 40.5 Å². The van der Waals surface area contributed by atoms with E-state index in [1.165, 1.54) is 0 Å². The number of nitrogens with one attached hydrogen (secondary N) is 1. The van der Waals surface area contributed by atoms with Crippen molar-refractivity contribution in [2.75, 3.05) is 12.0 Å². The van der Waals surface area contributed by atoms with E-state index in [9.17, 15) is 9.59 Å². The number of amides is 1. The van der Waals surface area contributed by atoms with Gasteiger partial charge < -0.3 is 5.32 Å². The van der Waals surface area contributed by atoms with E-state index in [2.05, 4.69) is 19.2 Å². The third-order valence-electron chi connectivity index (χ3n) is 2.72. The van der Waals surface area contributed by atoms with Gasteiger partial charge in [-0.1, -0.05) is 20.8 Å². The lowest BCUT2D eigenvalue weighted by atomic mass is 9.99. The van der Waals surface area contributed by atoms with Crippen molar-refractivity contribution in [1.82, 2.24) is 5.32 Å². The van der Waals surface area contributed by atoms with E-state index in [-0.39, 0.29) is 23.7 Å². The van der Waals surface area contributed by atoms with E-state index in [0.29, 0.717) is 5.92 Å². The molecule has 0 aromatic carbocycles. The molecule has 0 aromatic rings. The summed E-state index contributed by atoms with van der Waals surface area (Å²) in [5.74, 6) is 1.41. The minimum Gasteiger partial charge on any atom is -0.346 e. The largest absolute Gasteiger partial charge is 0.346 e. The van der Waals surface area contributed by atoms with Gasteiger partial charge in [-0.25, -0.2) is 0 Å². The maximum atomic E-state index is 11.9. The molecule has 0 aliphatic rings. The fourth-order valence-electron chi connectivity index (χ4n) is 1.54. The van der Waals surface area contributed by atoms with Crippen molar-refractivity contribution in [3.8, 4) is 0 Å². The maximum absolute atomic E-state index is 11.9. The van der Waals surface area contributed by atoms with Crippen LogP contribution in [0.4, 0.5) is 0 Å². The topological polar surface area (TPSA) is 46.2 Å². The van der Waals surface area contributed by atoms with E-state index >= 15 is 0 Å². The van der Waals surface area contributed by atoms with Gasteiger partial charge in [-0.3, -0.25) is 9.59 Å². The van der Waals surface area contributed by atoms with Crippen molar-refractivity contribution in [3.63, 3.8) is 0 Å². The molecule has 100 valence electrons. The first-order chi connectivity index (χ1) is 7.88. The number of carbonyl (C=O) groups is 2. The van der Waals surface area contributed by atoms with Gasteiger partial charge in [0.15, 0.2) is 5.78 Å². The minimum absolute atomic E-state index is 0.0000926. The molecule has 1 N–H and O–H groups in total. The number of hydrogen-bond donors (Lipinski definition) is 1. The number of rotatable bonds is 8. The van der Waals surface area contributed by atoms with E-state index in [4.69, 9.17) is 0 Å². The molecular formula is C13H25NO2S. The molecule has 1 amide bonds. The third-order valence-corrected chi connectivity index (χ3v) is 3.36. The van der Waals surface area contributed by atoms with Crippen LogP contribution in [0.25, 0.3) is 0 Å². The maximum Gasteiger partial charge on any atom is 0.223 e. The first kappa shape index (κ1) is 16.5. The van der Waals surface area contributed by atoms with Crippen LogP contribution < -0.4 is 5.32 Å². The summed E-state index contributed by atoms with van der Waals surface area (Å²) in [6.45, 7) is 7.57. The van der Waals surface area contributed by atoms with E-state index < -0.39 is 0 Å². The molecule has 2 atom stereocenters. The second-order valence-electron chi connectivity index (χ2n) is 4.98. The molecule has 0 aliphatic heterocycles. The Balaban J connectivity index is 4.25. The molecule has 17 heavy (non-hydrogen) atoms. The van der Waals surface area contributed by atoms with Crippen LogP contribution in [0.15, 0.2) is 0 Å². The number of ketones is 1. The second-order valence-corrected chi connectivity index (χ2v) is 5.97. The molecule has 0 saturated carbocycles. The molecule has 4 heteroatoms. The molecule has 3 nitrogen and oxygen atoms in total. The molecule has 0 saturated heterocycles. The summed E-state index contributed by atoms with van der Waals surface area (Å²) >= 11 is 1.74. The Bertz CT molecular complexity index is 254. The van der Waals surface area contributed by atoms with Gasteiger partial charge in [0.05, 0.1) is 6.04 Å². The van der Waals surface area contributed by atoms with Gasteiger partial charge in [0, 0.05) is 5.92 Å². The zero-order chi connectivity index (χ0) is 13.4. The Hall–Kier alpha value is -0.510. The highest BCUT2D eigenvalue weighted by Gasteiger charge is 2.21. The standard InChI is InChI=1S/C13H25NO2S/c1-9(2)8-12(11(4)15)14-13(16)10(3)6-7-17-5/h9-10,12H,6-8H2,1-5H3,(H,14,16). The molecule has 0 aromatic heterocycles. The summed E-state index contributed by atoms with van der Waals surface area (Å²) in [7, 11) is 0. The molecule has 0 fully saturated rings. The van der Waals surface area contributed by atoms with Crippen LogP contribution in [0.5, 0.6) is 0 Å². The van der Waals surface area contributed by atoms with Gasteiger partial charge >= 0.3 is 0 Å². The summed E-state index contributed by atoms with van der Waals surface area (Å²) in [5, 5.41) is 2.86. The van der Waals surface area contributed by atoms with Crippen molar-refractivity contribution >= 4 is 23.5 Å². The van der Waals surface area contributed by atoms with Crippen molar-refractivity contribution in [2.45, 2.75) is 46.6 Å². The highest BCUT2D eigenvalue weighted by Crippen LogP contribution is 2.10. The molecule has 0 aliphatic carbocycles. The first-order valence-corrected chi connectivity index (χ1v) is 7.57. The highest BCUT2D eigenvalue weighted by atomic mass is 32.2. The number of carbonyl (C=O) groups excluding carboxylic acids is 2.